The third-order valence-electron chi connectivity index (χ3n) is 5.97. The molecule has 21 heavy (non-hydrogen) atoms. The van der Waals surface area contributed by atoms with Crippen molar-refractivity contribution in [2.24, 2.45) is 0 Å². The van der Waals surface area contributed by atoms with Crippen LogP contribution in [0.2, 0.25) is 0 Å². The Hall–Kier alpha value is -0.160. The number of rotatable bonds is 2. The predicted octanol–water partition coefficient (Wildman–Crippen LogP) is 1.18. The van der Waals surface area contributed by atoms with Gasteiger partial charge >= 0.3 is 0 Å². The monoisotopic (exact) mass is 294 g/mol. The SMILES string of the molecule is CN1CCC(N2CCC(N3CCCN(C)CC3)CC2)CC1. The third-order valence-corrected chi connectivity index (χ3v) is 5.97. The van der Waals surface area contributed by atoms with Crippen molar-refractivity contribution in [3.05, 3.63) is 0 Å². The van der Waals surface area contributed by atoms with Crippen molar-refractivity contribution < 1.29 is 0 Å². The first-order valence-electron chi connectivity index (χ1n) is 9.07. The second-order valence-electron chi connectivity index (χ2n) is 7.49. The van der Waals surface area contributed by atoms with E-state index in [2.05, 4.69) is 33.7 Å². The highest BCUT2D eigenvalue weighted by atomic mass is 15.3. The van der Waals surface area contributed by atoms with Crippen LogP contribution in [0.1, 0.15) is 32.1 Å². The van der Waals surface area contributed by atoms with E-state index < -0.39 is 0 Å². The summed E-state index contributed by atoms with van der Waals surface area (Å²) in [6, 6.07) is 1.73. The van der Waals surface area contributed by atoms with Crippen LogP contribution in [0.3, 0.4) is 0 Å². The molecule has 3 aliphatic rings. The Labute approximate surface area is 131 Å². The van der Waals surface area contributed by atoms with Gasteiger partial charge in [0.25, 0.3) is 0 Å². The number of likely N-dealkylation sites (N-methyl/N-ethyl adjacent to an activating group) is 1. The Kier molecular flexibility index (Phi) is 5.54. The fourth-order valence-electron chi connectivity index (χ4n) is 4.41. The molecule has 0 aromatic heterocycles. The number of nitrogens with zero attached hydrogens (tertiary/aromatic N) is 4. The van der Waals surface area contributed by atoms with E-state index in [1.807, 2.05) is 0 Å². The maximum Gasteiger partial charge on any atom is 0.0120 e. The van der Waals surface area contributed by atoms with Gasteiger partial charge in [-0.2, -0.15) is 0 Å². The molecule has 4 heteroatoms. The normalized spacial score (nSPS) is 30.6. The zero-order valence-corrected chi connectivity index (χ0v) is 14.1. The predicted molar refractivity (Wildman–Crippen MR) is 88.8 cm³/mol. The van der Waals surface area contributed by atoms with E-state index >= 15 is 0 Å². The van der Waals surface area contributed by atoms with Gasteiger partial charge in [0.15, 0.2) is 0 Å². The summed E-state index contributed by atoms with van der Waals surface area (Å²) in [4.78, 5) is 10.6. The molecule has 0 N–H and O–H groups in total. The molecule has 3 rings (SSSR count). The molecule has 122 valence electrons. The van der Waals surface area contributed by atoms with Crippen LogP contribution >= 0.6 is 0 Å². The fraction of sp³-hybridized carbons (Fsp3) is 1.00. The molecule has 3 aliphatic heterocycles. The highest BCUT2D eigenvalue weighted by Gasteiger charge is 2.30. The van der Waals surface area contributed by atoms with Crippen LogP contribution in [0.25, 0.3) is 0 Å². The van der Waals surface area contributed by atoms with Gasteiger partial charge in [0.2, 0.25) is 0 Å². The molecule has 0 atom stereocenters. The van der Waals surface area contributed by atoms with Crippen molar-refractivity contribution in [2.45, 2.75) is 44.2 Å². The summed E-state index contributed by atoms with van der Waals surface area (Å²) in [6.07, 6.45) is 6.92. The zero-order valence-electron chi connectivity index (χ0n) is 14.1. The van der Waals surface area contributed by atoms with Crippen LogP contribution in [-0.4, -0.2) is 98.1 Å². The van der Waals surface area contributed by atoms with E-state index in [1.165, 1.54) is 84.5 Å². The van der Waals surface area contributed by atoms with Gasteiger partial charge in [0.05, 0.1) is 0 Å². The quantitative estimate of drug-likeness (QED) is 0.758. The van der Waals surface area contributed by atoms with Gasteiger partial charge in [-0.05, 0) is 85.5 Å². The number of hydrogen-bond donors (Lipinski definition) is 0. The van der Waals surface area contributed by atoms with Crippen molar-refractivity contribution in [1.82, 2.24) is 19.6 Å². The van der Waals surface area contributed by atoms with E-state index in [0.29, 0.717) is 0 Å². The molecule has 4 nitrogen and oxygen atoms in total. The van der Waals surface area contributed by atoms with Crippen LogP contribution < -0.4 is 0 Å². The topological polar surface area (TPSA) is 13.0 Å². The Morgan fingerprint density at radius 1 is 0.524 bits per heavy atom. The molecule has 0 radical (unpaired) electrons. The minimum atomic E-state index is 0.860. The second kappa shape index (κ2) is 7.40. The molecule has 0 unspecified atom stereocenters. The van der Waals surface area contributed by atoms with Crippen molar-refractivity contribution in [2.75, 3.05) is 66.5 Å². The first-order chi connectivity index (χ1) is 10.2. The Morgan fingerprint density at radius 2 is 1.05 bits per heavy atom. The third kappa shape index (κ3) is 4.19. The lowest BCUT2D eigenvalue weighted by molar-refractivity contribution is 0.0605. The summed E-state index contributed by atoms with van der Waals surface area (Å²) in [5, 5.41) is 0. The summed E-state index contributed by atoms with van der Waals surface area (Å²) in [6.45, 7) is 10.4. The molecule has 3 saturated heterocycles. The largest absolute Gasteiger partial charge is 0.306 e. The summed E-state index contributed by atoms with van der Waals surface area (Å²) in [5.74, 6) is 0. The van der Waals surface area contributed by atoms with Crippen molar-refractivity contribution in [1.29, 1.82) is 0 Å². The molecular formula is C17H34N4. The van der Waals surface area contributed by atoms with E-state index in [9.17, 15) is 0 Å². The summed E-state index contributed by atoms with van der Waals surface area (Å²) < 4.78 is 0. The summed E-state index contributed by atoms with van der Waals surface area (Å²) in [5.41, 5.74) is 0. The van der Waals surface area contributed by atoms with Crippen LogP contribution in [0.5, 0.6) is 0 Å². The fourth-order valence-corrected chi connectivity index (χ4v) is 4.41. The van der Waals surface area contributed by atoms with Crippen LogP contribution in [0.4, 0.5) is 0 Å². The van der Waals surface area contributed by atoms with E-state index in [1.54, 1.807) is 0 Å². The molecule has 3 fully saturated rings. The van der Waals surface area contributed by atoms with E-state index in [4.69, 9.17) is 0 Å². The first-order valence-corrected chi connectivity index (χ1v) is 9.07. The molecule has 0 bridgehead atoms. The average Bonchev–Trinajstić information content (AvgIpc) is 2.73. The highest BCUT2D eigenvalue weighted by Crippen LogP contribution is 2.23. The molecule has 0 aromatic rings. The zero-order chi connectivity index (χ0) is 14.7. The van der Waals surface area contributed by atoms with E-state index in [0.717, 1.165) is 12.1 Å². The van der Waals surface area contributed by atoms with Gasteiger partial charge in [0.1, 0.15) is 0 Å². The number of likely N-dealkylation sites (tertiary alicyclic amines) is 2. The van der Waals surface area contributed by atoms with E-state index in [-0.39, 0.29) is 0 Å². The second-order valence-corrected chi connectivity index (χ2v) is 7.49. The average molecular weight is 294 g/mol. The van der Waals surface area contributed by atoms with Gasteiger partial charge in [-0.1, -0.05) is 0 Å². The maximum atomic E-state index is 2.80. The molecular weight excluding hydrogens is 260 g/mol. The molecule has 0 amide bonds. The molecule has 3 heterocycles. The molecule has 0 saturated carbocycles. The van der Waals surface area contributed by atoms with Crippen LogP contribution in [0, 0.1) is 0 Å². The summed E-state index contributed by atoms with van der Waals surface area (Å²) in [7, 11) is 4.53. The molecule has 0 spiro atoms. The maximum absolute atomic E-state index is 2.80. The van der Waals surface area contributed by atoms with Crippen molar-refractivity contribution in [3.63, 3.8) is 0 Å². The van der Waals surface area contributed by atoms with Gasteiger partial charge in [-0.3, -0.25) is 4.90 Å². The Bertz CT molecular complexity index is 306. The van der Waals surface area contributed by atoms with Gasteiger partial charge in [-0.25, -0.2) is 0 Å². The standard InChI is InChI=1S/C17H34N4/c1-18-8-3-9-20(15-14-18)17-6-12-21(13-7-17)16-4-10-19(2)11-5-16/h16-17H,3-15H2,1-2H3. The van der Waals surface area contributed by atoms with Gasteiger partial charge < -0.3 is 14.7 Å². The molecule has 0 aliphatic carbocycles. The van der Waals surface area contributed by atoms with Crippen molar-refractivity contribution >= 4 is 0 Å². The molecule has 0 aromatic carbocycles. The van der Waals surface area contributed by atoms with Gasteiger partial charge in [0, 0.05) is 25.2 Å². The first kappa shape index (κ1) is 15.7. The highest BCUT2D eigenvalue weighted by molar-refractivity contribution is 4.86. The summed E-state index contributed by atoms with van der Waals surface area (Å²) >= 11 is 0. The lowest BCUT2D eigenvalue weighted by Crippen LogP contribution is -2.51. The van der Waals surface area contributed by atoms with Gasteiger partial charge in [-0.15, -0.1) is 0 Å². The Morgan fingerprint density at radius 3 is 1.71 bits per heavy atom. The minimum Gasteiger partial charge on any atom is -0.306 e. The smallest absolute Gasteiger partial charge is 0.0120 e. The minimum absolute atomic E-state index is 0.860. The van der Waals surface area contributed by atoms with Crippen LogP contribution in [-0.2, 0) is 0 Å². The number of hydrogen-bond acceptors (Lipinski definition) is 4. The van der Waals surface area contributed by atoms with Crippen molar-refractivity contribution in [3.8, 4) is 0 Å². The lowest BCUT2D eigenvalue weighted by atomic mass is 9.97. The lowest BCUT2D eigenvalue weighted by Gasteiger charge is -2.43. The Balaban J connectivity index is 1.44. The van der Waals surface area contributed by atoms with Crippen LogP contribution in [0.15, 0.2) is 0 Å². The number of piperidine rings is 2.